The van der Waals surface area contributed by atoms with Crippen LogP contribution in [-0.2, 0) is 30.4 Å². The van der Waals surface area contributed by atoms with Crippen molar-refractivity contribution >= 4 is 29.7 Å². The number of carbonyl (C=O) groups is 5. The molecule has 0 saturated carbocycles. The van der Waals surface area contributed by atoms with Crippen molar-refractivity contribution in [2.45, 2.75) is 43.9 Å². The Kier molecular flexibility index (Phi) is 10.1. The molecule has 1 aromatic carbocycles. The van der Waals surface area contributed by atoms with Gasteiger partial charge in [-0.2, -0.15) is 0 Å². The van der Waals surface area contributed by atoms with Crippen LogP contribution in [0.15, 0.2) is 24.3 Å². The Bertz CT molecular complexity index is 844. The summed E-state index contributed by atoms with van der Waals surface area (Å²) in [6.45, 7) is 0.344. The van der Waals surface area contributed by atoms with Crippen molar-refractivity contribution in [2.75, 3.05) is 6.61 Å². The number of nitrogens with two attached hydrogens (primary N) is 1. The monoisotopic (exact) mass is 454 g/mol. The zero-order valence-electron chi connectivity index (χ0n) is 17.1. The summed E-state index contributed by atoms with van der Waals surface area (Å²) in [6.07, 6.45) is -0.806. The van der Waals surface area contributed by atoms with E-state index in [9.17, 15) is 34.2 Å². The molecule has 0 aliphatic rings. The van der Waals surface area contributed by atoms with E-state index in [1.807, 2.05) is 0 Å². The highest BCUT2D eigenvalue weighted by Gasteiger charge is 2.29. The molecule has 0 aliphatic heterocycles. The molecule has 13 heteroatoms. The lowest BCUT2D eigenvalue weighted by atomic mass is 10.0. The van der Waals surface area contributed by atoms with Crippen molar-refractivity contribution in [1.82, 2.24) is 16.0 Å². The number of hydrogen-bond acceptors (Lipinski definition) is 8. The fraction of sp³-hybridized carbons (Fsp3) is 0.421. The quantitative estimate of drug-likeness (QED) is 0.163. The van der Waals surface area contributed by atoms with Gasteiger partial charge in [0.15, 0.2) is 0 Å². The number of nitrogens with one attached hydrogen (secondary N) is 3. The fourth-order valence-corrected chi connectivity index (χ4v) is 2.48. The van der Waals surface area contributed by atoms with Crippen LogP contribution >= 0.6 is 0 Å². The van der Waals surface area contributed by atoms with Crippen LogP contribution in [0.4, 0.5) is 0 Å². The molecule has 0 bridgehead atoms. The number of hydrogen-bond donors (Lipinski definition) is 8. The summed E-state index contributed by atoms with van der Waals surface area (Å²) < 4.78 is 0. The Morgan fingerprint density at radius 1 is 0.906 bits per heavy atom. The average Bonchev–Trinajstić information content (AvgIpc) is 2.71. The normalized spacial score (nSPS) is 14.3. The van der Waals surface area contributed by atoms with Crippen LogP contribution in [0.3, 0.4) is 0 Å². The highest BCUT2D eigenvalue weighted by Crippen LogP contribution is 2.12. The van der Waals surface area contributed by atoms with Gasteiger partial charge in [-0.05, 0) is 24.6 Å². The van der Waals surface area contributed by atoms with Gasteiger partial charge in [-0.1, -0.05) is 12.1 Å². The van der Waals surface area contributed by atoms with Crippen LogP contribution in [-0.4, -0.2) is 80.9 Å². The number of carboxylic acids is 2. The Hall–Kier alpha value is -3.71. The predicted octanol–water partition coefficient (Wildman–Crippen LogP) is -2.71. The third-order valence-corrected chi connectivity index (χ3v) is 4.29. The van der Waals surface area contributed by atoms with Crippen molar-refractivity contribution < 1.29 is 44.4 Å². The molecule has 4 atom stereocenters. The predicted molar refractivity (Wildman–Crippen MR) is 108 cm³/mol. The van der Waals surface area contributed by atoms with Gasteiger partial charge < -0.3 is 42.1 Å². The molecule has 0 aliphatic carbocycles. The molecule has 9 N–H and O–H groups in total. The summed E-state index contributed by atoms with van der Waals surface area (Å²) >= 11 is 0. The number of aromatic hydroxyl groups is 1. The molecule has 1 aromatic rings. The number of carboxylic acid groups (broad SMARTS) is 2. The van der Waals surface area contributed by atoms with Crippen molar-refractivity contribution in [3.05, 3.63) is 29.8 Å². The molecule has 13 nitrogen and oxygen atoms in total. The second-order valence-corrected chi connectivity index (χ2v) is 6.95. The Balaban J connectivity index is 2.96. The van der Waals surface area contributed by atoms with Gasteiger partial charge in [-0.15, -0.1) is 0 Å². The van der Waals surface area contributed by atoms with Crippen LogP contribution < -0.4 is 21.7 Å². The molecule has 0 fully saturated rings. The van der Waals surface area contributed by atoms with Crippen molar-refractivity contribution in [2.24, 2.45) is 5.73 Å². The van der Waals surface area contributed by atoms with Crippen LogP contribution in [0.5, 0.6) is 5.75 Å². The summed E-state index contributed by atoms with van der Waals surface area (Å²) in [5, 5.41) is 43.2. The van der Waals surface area contributed by atoms with Gasteiger partial charge in [0.1, 0.15) is 23.9 Å². The first kappa shape index (κ1) is 26.3. The topological polar surface area (TPSA) is 228 Å². The highest BCUT2D eigenvalue weighted by molar-refractivity contribution is 5.94. The standard InChI is InChI=1S/C19H26N4O9/c1-9(19(31)32)21-17(29)13(6-10-2-4-11(25)5-3-10)22-18(30)14(8-24)23-16(28)12(20)7-15(26)27/h2-5,9,12-14,24-25H,6-8,20H2,1H3,(H,21,29)(H,22,30)(H,23,28)(H,26,27)(H,31,32). The molecule has 0 saturated heterocycles. The zero-order valence-corrected chi connectivity index (χ0v) is 17.1. The minimum absolute atomic E-state index is 0.0287. The fourth-order valence-electron chi connectivity index (χ4n) is 2.48. The molecular formula is C19H26N4O9. The summed E-state index contributed by atoms with van der Waals surface area (Å²) in [5.74, 6) is -5.49. The van der Waals surface area contributed by atoms with Gasteiger partial charge in [-0.25, -0.2) is 0 Å². The number of aliphatic hydroxyl groups excluding tert-OH is 1. The molecule has 0 spiro atoms. The smallest absolute Gasteiger partial charge is 0.325 e. The minimum Gasteiger partial charge on any atom is -0.508 e. The van der Waals surface area contributed by atoms with Gasteiger partial charge in [0, 0.05) is 6.42 Å². The molecule has 0 aromatic heterocycles. The van der Waals surface area contributed by atoms with Gasteiger partial charge in [0.2, 0.25) is 17.7 Å². The first-order valence-corrected chi connectivity index (χ1v) is 9.44. The maximum absolute atomic E-state index is 12.6. The average molecular weight is 454 g/mol. The van der Waals surface area contributed by atoms with E-state index < -0.39 is 66.9 Å². The van der Waals surface area contributed by atoms with Crippen LogP contribution in [0.25, 0.3) is 0 Å². The van der Waals surface area contributed by atoms with Gasteiger partial charge in [0.25, 0.3) is 0 Å². The molecule has 176 valence electrons. The first-order valence-electron chi connectivity index (χ1n) is 9.44. The molecule has 32 heavy (non-hydrogen) atoms. The number of carbonyl (C=O) groups excluding carboxylic acids is 3. The van der Waals surface area contributed by atoms with E-state index >= 15 is 0 Å². The number of aliphatic hydroxyl groups is 1. The molecule has 0 radical (unpaired) electrons. The van der Waals surface area contributed by atoms with E-state index in [0.29, 0.717) is 5.56 Å². The third-order valence-electron chi connectivity index (χ3n) is 4.29. The maximum atomic E-state index is 12.6. The number of phenolic OH excluding ortho intramolecular Hbond substituents is 1. The van der Waals surface area contributed by atoms with E-state index in [2.05, 4.69) is 16.0 Å². The molecule has 1 rings (SSSR count). The van der Waals surface area contributed by atoms with Gasteiger partial charge in [0.05, 0.1) is 19.1 Å². The minimum atomic E-state index is -1.55. The molecular weight excluding hydrogens is 428 g/mol. The second-order valence-electron chi connectivity index (χ2n) is 6.95. The van der Waals surface area contributed by atoms with E-state index in [1.54, 1.807) is 0 Å². The first-order chi connectivity index (χ1) is 14.9. The summed E-state index contributed by atoms with van der Waals surface area (Å²) in [7, 11) is 0. The molecule has 3 amide bonds. The second kappa shape index (κ2) is 12.2. The lowest BCUT2D eigenvalue weighted by Crippen LogP contribution is -2.58. The Morgan fingerprint density at radius 3 is 1.94 bits per heavy atom. The zero-order chi connectivity index (χ0) is 24.4. The maximum Gasteiger partial charge on any atom is 0.325 e. The van der Waals surface area contributed by atoms with Crippen LogP contribution in [0.2, 0.25) is 0 Å². The summed E-state index contributed by atoms with van der Waals surface area (Å²) in [6, 6.07) is 0.101. The summed E-state index contributed by atoms with van der Waals surface area (Å²) in [4.78, 5) is 58.8. The van der Waals surface area contributed by atoms with Crippen LogP contribution in [0.1, 0.15) is 18.9 Å². The van der Waals surface area contributed by atoms with Crippen LogP contribution in [0, 0.1) is 0 Å². The lowest BCUT2D eigenvalue weighted by molar-refractivity contribution is -0.141. The van der Waals surface area contributed by atoms with Crippen molar-refractivity contribution in [3.8, 4) is 5.75 Å². The van der Waals surface area contributed by atoms with E-state index in [-0.39, 0.29) is 12.2 Å². The Morgan fingerprint density at radius 2 is 1.44 bits per heavy atom. The van der Waals surface area contributed by atoms with Gasteiger partial charge in [-0.3, -0.25) is 24.0 Å². The molecule has 0 heterocycles. The number of amides is 3. The SMILES string of the molecule is CC(NC(=O)C(Cc1ccc(O)cc1)NC(=O)C(CO)NC(=O)C(N)CC(=O)O)C(=O)O. The largest absolute Gasteiger partial charge is 0.508 e. The third kappa shape index (κ3) is 8.57. The Labute approximate surface area is 182 Å². The summed E-state index contributed by atoms with van der Waals surface area (Å²) in [5.41, 5.74) is 5.94. The number of aliphatic carboxylic acids is 2. The number of rotatable bonds is 12. The van der Waals surface area contributed by atoms with Gasteiger partial charge >= 0.3 is 11.9 Å². The number of benzene rings is 1. The van der Waals surface area contributed by atoms with E-state index in [1.165, 1.54) is 31.2 Å². The van der Waals surface area contributed by atoms with E-state index in [0.717, 1.165) is 0 Å². The van der Waals surface area contributed by atoms with Crippen molar-refractivity contribution in [1.29, 1.82) is 0 Å². The molecule has 4 unspecified atom stereocenters. The van der Waals surface area contributed by atoms with Crippen molar-refractivity contribution in [3.63, 3.8) is 0 Å². The number of phenols is 1. The van der Waals surface area contributed by atoms with E-state index in [4.69, 9.17) is 15.9 Å². The lowest BCUT2D eigenvalue weighted by Gasteiger charge is -2.23. The highest BCUT2D eigenvalue weighted by atomic mass is 16.4.